The van der Waals surface area contributed by atoms with Gasteiger partial charge in [-0.25, -0.2) is 19.3 Å². The summed E-state index contributed by atoms with van der Waals surface area (Å²) >= 11 is 0. The zero-order valence-electron chi connectivity index (χ0n) is 18.3. The first-order valence-electron chi connectivity index (χ1n) is 10.6. The molecule has 0 radical (unpaired) electrons. The van der Waals surface area contributed by atoms with Gasteiger partial charge in [0.15, 0.2) is 0 Å². The van der Waals surface area contributed by atoms with Crippen molar-refractivity contribution in [2.24, 2.45) is 0 Å². The van der Waals surface area contributed by atoms with E-state index >= 15 is 0 Å². The van der Waals surface area contributed by atoms with Gasteiger partial charge in [-0.2, -0.15) is 10.2 Å². The molecule has 0 saturated heterocycles. The maximum atomic E-state index is 13.5. The van der Waals surface area contributed by atoms with Gasteiger partial charge < -0.3 is 19.8 Å². The van der Waals surface area contributed by atoms with Crippen molar-refractivity contribution in [1.82, 2.24) is 34.4 Å². The van der Waals surface area contributed by atoms with Crippen molar-refractivity contribution in [2.75, 3.05) is 13.7 Å². The Hall–Kier alpha value is -3.99. The first kappa shape index (κ1) is 20.9. The fraction of sp³-hybridized carbons (Fsp3) is 0.318. The molecule has 33 heavy (non-hydrogen) atoms. The molecule has 5 rings (SSSR count). The number of aryl methyl sites for hydroxylation is 1. The van der Waals surface area contributed by atoms with E-state index in [9.17, 15) is 15.0 Å². The number of benzene rings is 1. The van der Waals surface area contributed by atoms with Crippen molar-refractivity contribution in [3.8, 4) is 17.6 Å². The van der Waals surface area contributed by atoms with E-state index in [1.54, 1.807) is 24.0 Å². The molecule has 11 heteroatoms. The number of rotatable bonds is 5. The topological polar surface area (TPSA) is 131 Å². The SMILES string of the molecule is CCn1ncc(CN(C)C(=O)c2nc(-n3ncc4c3COCC4)nc3ccc(O)cc23)c1O. The lowest BCUT2D eigenvalue weighted by Crippen LogP contribution is -2.28. The maximum Gasteiger partial charge on any atom is 0.273 e. The molecule has 4 heterocycles. The van der Waals surface area contributed by atoms with Gasteiger partial charge in [-0.05, 0) is 37.1 Å². The minimum Gasteiger partial charge on any atom is -0.508 e. The smallest absolute Gasteiger partial charge is 0.273 e. The van der Waals surface area contributed by atoms with Gasteiger partial charge in [-0.15, -0.1) is 0 Å². The average molecular weight is 449 g/mol. The van der Waals surface area contributed by atoms with Gasteiger partial charge in [0, 0.05) is 19.0 Å². The van der Waals surface area contributed by atoms with Gasteiger partial charge in [-0.1, -0.05) is 0 Å². The van der Waals surface area contributed by atoms with Gasteiger partial charge >= 0.3 is 0 Å². The number of fused-ring (bicyclic) bond motifs is 2. The number of carbonyl (C=O) groups excluding carboxylic acids is 1. The van der Waals surface area contributed by atoms with Crippen LogP contribution in [-0.4, -0.2) is 64.2 Å². The fourth-order valence-corrected chi connectivity index (χ4v) is 3.92. The number of aromatic nitrogens is 6. The monoisotopic (exact) mass is 449 g/mol. The molecule has 4 aromatic rings. The van der Waals surface area contributed by atoms with E-state index in [4.69, 9.17) is 4.74 Å². The highest BCUT2D eigenvalue weighted by molar-refractivity contribution is 6.04. The lowest BCUT2D eigenvalue weighted by molar-refractivity contribution is 0.0780. The van der Waals surface area contributed by atoms with Crippen LogP contribution in [0, 0.1) is 0 Å². The van der Waals surface area contributed by atoms with Crippen LogP contribution in [0.3, 0.4) is 0 Å². The zero-order valence-corrected chi connectivity index (χ0v) is 18.3. The summed E-state index contributed by atoms with van der Waals surface area (Å²) in [4.78, 5) is 24.0. The molecular formula is C22H23N7O4. The van der Waals surface area contributed by atoms with Gasteiger partial charge in [0.25, 0.3) is 11.9 Å². The molecule has 2 N–H and O–H groups in total. The normalized spacial score (nSPS) is 13.3. The van der Waals surface area contributed by atoms with Crippen LogP contribution in [0.15, 0.2) is 30.6 Å². The fourth-order valence-electron chi connectivity index (χ4n) is 3.92. The van der Waals surface area contributed by atoms with Crippen LogP contribution in [-0.2, 0) is 30.9 Å². The number of hydrogen-bond acceptors (Lipinski definition) is 8. The molecule has 0 saturated carbocycles. The predicted octanol–water partition coefficient (Wildman–Crippen LogP) is 1.79. The molecule has 170 valence electrons. The first-order chi connectivity index (χ1) is 16.0. The second kappa shape index (κ2) is 8.17. The highest BCUT2D eigenvalue weighted by Gasteiger charge is 2.24. The summed E-state index contributed by atoms with van der Waals surface area (Å²) in [6, 6.07) is 4.61. The molecule has 3 aromatic heterocycles. The van der Waals surface area contributed by atoms with Crippen molar-refractivity contribution >= 4 is 16.8 Å². The molecule has 1 aliphatic rings. The third kappa shape index (κ3) is 3.65. The van der Waals surface area contributed by atoms with Crippen LogP contribution in [0.25, 0.3) is 16.9 Å². The number of amides is 1. The number of phenols is 1. The summed E-state index contributed by atoms with van der Waals surface area (Å²) in [5.41, 5.74) is 3.05. The Morgan fingerprint density at radius 3 is 2.85 bits per heavy atom. The molecule has 0 fully saturated rings. The summed E-state index contributed by atoms with van der Waals surface area (Å²) < 4.78 is 8.61. The molecule has 0 spiro atoms. The highest BCUT2D eigenvalue weighted by atomic mass is 16.5. The number of nitrogens with zero attached hydrogens (tertiary/aromatic N) is 7. The molecule has 0 atom stereocenters. The first-order valence-corrected chi connectivity index (χ1v) is 10.6. The number of phenolic OH excluding ortho intramolecular Hbond substituents is 1. The maximum absolute atomic E-state index is 13.5. The summed E-state index contributed by atoms with van der Waals surface area (Å²) in [6.07, 6.45) is 4.05. The lowest BCUT2D eigenvalue weighted by atomic mass is 10.1. The van der Waals surface area contributed by atoms with Crippen LogP contribution in [0.2, 0.25) is 0 Å². The summed E-state index contributed by atoms with van der Waals surface area (Å²) in [7, 11) is 1.62. The van der Waals surface area contributed by atoms with Gasteiger partial charge in [-0.3, -0.25) is 4.79 Å². The predicted molar refractivity (Wildman–Crippen MR) is 117 cm³/mol. The minimum atomic E-state index is -0.393. The summed E-state index contributed by atoms with van der Waals surface area (Å²) in [5, 5.41) is 29.3. The van der Waals surface area contributed by atoms with Gasteiger partial charge in [0.2, 0.25) is 5.88 Å². The standard InChI is InChI=1S/C22H23N7O4/c1-3-28-20(31)14(10-23-28)11-27(2)21(32)19-16-8-15(30)4-5-17(16)25-22(26-19)29-18-12-33-7-6-13(18)9-24-29/h4-5,8-10,30-31H,3,6-7,11-12H2,1-2H3. The second-order valence-electron chi connectivity index (χ2n) is 7.87. The van der Waals surface area contributed by atoms with E-state index in [1.165, 1.54) is 27.9 Å². The molecule has 0 aliphatic carbocycles. The number of ether oxygens (including phenoxy) is 1. The Morgan fingerprint density at radius 1 is 1.21 bits per heavy atom. The molecule has 1 aromatic carbocycles. The summed E-state index contributed by atoms with van der Waals surface area (Å²) in [6.45, 7) is 3.53. The van der Waals surface area contributed by atoms with Crippen molar-refractivity contribution < 1.29 is 19.7 Å². The molecule has 1 amide bonds. The lowest BCUT2D eigenvalue weighted by Gasteiger charge is -2.18. The Balaban J connectivity index is 1.57. The third-order valence-corrected chi connectivity index (χ3v) is 5.71. The highest BCUT2D eigenvalue weighted by Crippen LogP contribution is 2.26. The van der Waals surface area contributed by atoms with Crippen LogP contribution >= 0.6 is 0 Å². The van der Waals surface area contributed by atoms with Crippen molar-refractivity contribution in [3.63, 3.8) is 0 Å². The molecule has 1 aliphatic heterocycles. The Kier molecular flexibility index (Phi) is 5.17. The largest absolute Gasteiger partial charge is 0.508 e. The third-order valence-electron chi connectivity index (χ3n) is 5.71. The Bertz CT molecular complexity index is 1360. The molecule has 0 unspecified atom stereocenters. The second-order valence-corrected chi connectivity index (χ2v) is 7.87. The van der Waals surface area contributed by atoms with E-state index in [0.717, 1.165) is 17.7 Å². The zero-order chi connectivity index (χ0) is 23.1. The van der Waals surface area contributed by atoms with Crippen molar-refractivity contribution in [1.29, 1.82) is 0 Å². The van der Waals surface area contributed by atoms with Crippen LogP contribution in [0.5, 0.6) is 11.6 Å². The van der Waals surface area contributed by atoms with Crippen LogP contribution < -0.4 is 0 Å². The van der Waals surface area contributed by atoms with E-state index in [1.807, 2.05) is 6.92 Å². The van der Waals surface area contributed by atoms with Crippen molar-refractivity contribution in [2.45, 2.75) is 33.0 Å². The van der Waals surface area contributed by atoms with Crippen LogP contribution in [0.1, 0.15) is 34.2 Å². The average Bonchev–Trinajstić information content (AvgIpc) is 3.41. The quantitative estimate of drug-likeness (QED) is 0.471. The molecular weight excluding hydrogens is 426 g/mol. The van der Waals surface area contributed by atoms with E-state index in [2.05, 4.69) is 20.2 Å². The van der Waals surface area contributed by atoms with E-state index in [0.29, 0.717) is 36.2 Å². The number of aromatic hydroxyl groups is 2. The van der Waals surface area contributed by atoms with Crippen molar-refractivity contribution in [3.05, 3.63) is 53.1 Å². The Morgan fingerprint density at radius 2 is 2.06 bits per heavy atom. The van der Waals surface area contributed by atoms with E-state index in [-0.39, 0.29) is 29.8 Å². The van der Waals surface area contributed by atoms with Gasteiger partial charge in [0.05, 0.1) is 48.9 Å². The number of carbonyl (C=O) groups is 1. The molecule has 0 bridgehead atoms. The molecule has 11 nitrogen and oxygen atoms in total. The Labute approximate surface area is 188 Å². The van der Waals surface area contributed by atoms with Gasteiger partial charge in [0.1, 0.15) is 11.4 Å². The van der Waals surface area contributed by atoms with E-state index < -0.39 is 5.91 Å². The number of hydrogen-bond donors (Lipinski definition) is 2. The summed E-state index contributed by atoms with van der Waals surface area (Å²) in [5.74, 6) is -0.123. The van der Waals surface area contributed by atoms with Crippen LogP contribution in [0.4, 0.5) is 0 Å². The minimum absolute atomic E-state index is 0.00212.